The molecule has 1 atom stereocenters. The van der Waals surface area contributed by atoms with Crippen LogP contribution in [0.4, 0.5) is 0 Å². The molecule has 2 rings (SSSR count). The van der Waals surface area contributed by atoms with Gasteiger partial charge in [0.15, 0.2) is 0 Å². The van der Waals surface area contributed by atoms with E-state index in [-0.39, 0.29) is 6.04 Å². The molecule has 0 saturated heterocycles. The zero-order chi connectivity index (χ0) is 11.4. The first-order valence-corrected chi connectivity index (χ1v) is 5.33. The van der Waals surface area contributed by atoms with E-state index in [0.29, 0.717) is 6.54 Å². The predicted molar refractivity (Wildman–Crippen MR) is 60.7 cm³/mol. The topological polar surface area (TPSA) is 51.0 Å². The standard InChI is InChI=1S/C12H15N3O/c1-9(11-6-4-3-5-7-11)13-8-12-10(2)14-16-15-12/h3-7,9,13H,8H2,1-2H3/t9-/m1/s1. The minimum atomic E-state index is 0.289. The second kappa shape index (κ2) is 4.90. The molecule has 0 bridgehead atoms. The van der Waals surface area contributed by atoms with Gasteiger partial charge in [-0.05, 0) is 19.4 Å². The van der Waals surface area contributed by atoms with Crippen molar-refractivity contribution in [2.45, 2.75) is 26.4 Å². The van der Waals surface area contributed by atoms with E-state index in [1.54, 1.807) is 0 Å². The van der Waals surface area contributed by atoms with Crippen LogP contribution >= 0.6 is 0 Å². The molecule has 4 heteroatoms. The molecule has 0 amide bonds. The first-order chi connectivity index (χ1) is 7.77. The average Bonchev–Trinajstić information content (AvgIpc) is 2.73. The lowest BCUT2D eigenvalue weighted by Crippen LogP contribution is -2.18. The molecule has 4 nitrogen and oxygen atoms in total. The maximum Gasteiger partial charge on any atom is 0.121 e. The van der Waals surface area contributed by atoms with Gasteiger partial charge in [-0.25, -0.2) is 4.63 Å². The fraction of sp³-hybridized carbons (Fsp3) is 0.333. The van der Waals surface area contributed by atoms with Crippen molar-refractivity contribution in [2.24, 2.45) is 0 Å². The molecule has 1 heterocycles. The van der Waals surface area contributed by atoms with E-state index < -0.39 is 0 Å². The molecule has 0 aliphatic carbocycles. The average molecular weight is 217 g/mol. The van der Waals surface area contributed by atoms with Crippen molar-refractivity contribution in [2.75, 3.05) is 0 Å². The highest BCUT2D eigenvalue weighted by Gasteiger charge is 2.08. The summed E-state index contributed by atoms with van der Waals surface area (Å²) in [5.41, 5.74) is 2.96. The number of aromatic nitrogens is 2. The molecule has 1 N–H and O–H groups in total. The molecule has 1 aromatic heterocycles. The van der Waals surface area contributed by atoms with Crippen LogP contribution in [-0.2, 0) is 6.54 Å². The molecule has 0 aliphatic rings. The summed E-state index contributed by atoms with van der Waals surface area (Å²) in [6.45, 7) is 4.68. The van der Waals surface area contributed by atoms with Gasteiger partial charge in [0.05, 0.1) is 0 Å². The zero-order valence-electron chi connectivity index (χ0n) is 9.47. The van der Waals surface area contributed by atoms with Crippen LogP contribution in [0.1, 0.15) is 29.9 Å². The third kappa shape index (κ3) is 2.46. The van der Waals surface area contributed by atoms with E-state index in [2.05, 4.69) is 39.3 Å². The van der Waals surface area contributed by atoms with Crippen molar-refractivity contribution in [3.8, 4) is 0 Å². The second-order valence-corrected chi connectivity index (χ2v) is 3.81. The SMILES string of the molecule is Cc1nonc1CN[C@H](C)c1ccccc1. The summed E-state index contributed by atoms with van der Waals surface area (Å²) in [6.07, 6.45) is 0. The summed E-state index contributed by atoms with van der Waals surface area (Å²) in [4.78, 5) is 0. The van der Waals surface area contributed by atoms with Crippen LogP contribution in [0.25, 0.3) is 0 Å². The number of rotatable bonds is 4. The molecule has 0 saturated carbocycles. The summed E-state index contributed by atoms with van der Waals surface area (Å²) in [7, 11) is 0. The molecular weight excluding hydrogens is 202 g/mol. The molecular formula is C12H15N3O. The predicted octanol–water partition coefficient (Wildman–Crippen LogP) is 2.23. The van der Waals surface area contributed by atoms with Crippen molar-refractivity contribution in [3.63, 3.8) is 0 Å². The zero-order valence-corrected chi connectivity index (χ0v) is 9.47. The van der Waals surface area contributed by atoms with Gasteiger partial charge in [0.25, 0.3) is 0 Å². The number of aryl methyl sites for hydroxylation is 1. The summed E-state index contributed by atoms with van der Waals surface area (Å²) < 4.78 is 4.64. The van der Waals surface area contributed by atoms with E-state index in [1.165, 1.54) is 5.56 Å². The Bertz CT molecular complexity index is 439. The quantitative estimate of drug-likeness (QED) is 0.853. The Balaban J connectivity index is 1.94. The molecule has 1 aromatic carbocycles. The van der Waals surface area contributed by atoms with Crippen molar-refractivity contribution in [3.05, 3.63) is 47.3 Å². The van der Waals surface area contributed by atoms with Gasteiger partial charge in [0.2, 0.25) is 0 Å². The number of nitrogens with zero attached hydrogens (tertiary/aromatic N) is 2. The number of hydrogen-bond donors (Lipinski definition) is 1. The van der Waals surface area contributed by atoms with Gasteiger partial charge in [-0.1, -0.05) is 40.6 Å². The normalized spacial score (nSPS) is 12.6. The van der Waals surface area contributed by atoms with Crippen LogP contribution in [0.3, 0.4) is 0 Å². The summed E-state index contributed by atoms with van der Waals surface area (Å²) in [5, 5.41) is 11.0. The Kier molecular flexibility index (Phi) is 3.31. The Hall–Kier alpha value is -1.68. The number of nitrogens with one attached hydrogen (secondary N) is 1. The van der Waals surface area contributed by atoms with Gasteiger partial charge in [0, 0.05) is 12.6 Å². The van der Waals surface area contributed by atoms with Crippen LogP contribution in [0.5, 0.6) is 0 Å². The highest BCUT2D eigenvalue weighted by Crippen LogP contribution is 2.12. The lowest BCUT2D eigenvalue weighted by Gasteiger charge is -2.12. The highest BCUT2D eigenvalue weighted by molar-refractivity contribution is 5.18. The molecule has 0 unspecified atom stereocenters. The first-order valence-electron chi connectivity index (χ1n) is 5.33. The largest absolute Gasteiger partial charge is 0.304 e. The fourth-order valence-electron chi connectivity index (χ4n) is 1.52. The molecule has 2 aromatic rings. The van der Waals surface area contributed by atoms with Gasteiger partial charge in [-0.3, -0.25) is 0 Å². The lowest BCUT2D eigenvalue weighted by atomic mass is 10.1. The summed E-state index contributed by atoms with van der Waals surface area (Å²) in [6, 6.07) is 10.6. The number of hydrogen-bond acceptors (Lipinski definition) is 4. The minimum absolute atomic E-state index is 0.289. The Morgan fingerprint density at radius 2 is 2.00 bits per heavy atom. The van der Waals surface area contributed by atoms with Crippen molar-refractivity contribution in [1.82, 2.24) is 15.6 Å². The van der Waals surface area contributed by atoms with Crippen LogP contribution < -0.4 is 5.32 Å². The summed E-state index contributed by atoms with van der Waals surface area (Å²) >= 11 is 0. The number of benzene rings is 1. The third-order valence-corrected chi connectivity index (χ3v) is 2.62. The lowest BCUT2D eigenvalue weighted by molar-refractivity contribution is 0.300. The van der Waals surface area contributed by atoms with E-state index in [4.69, 9.17) is 0 Å². The van der Waals surface area contributed by atoms with Gasteiger partial charge >= 0.3 is 0 Å². The fourth-order valence-corrected chi connectivity index (χ4v) is 1.52. The Labute approximate surface area is 94.6 Å². The van der Waals surface area contributed by atoms with Crippen LogP contribution in [0.15, 0.2) is 35.0 Å². The van der Waals surface area contributed by atoms with Gasteiger partial charge in [0.1, 0.15) is 11.4 Å². The van der Waals surface area contributed by atoms with Gasteiger partial charge < -0.3 is 5.32 Å². The second-order valence-electron chi connectivity index (χ2n) is 3.81. The Morgan fingerprint density at radius 1 is 1.25 bits per heavy atom. The van der Waals surface area contributed by atoms with E-state index in [9.17, 15) is 0 Å². The van der Waals surface area contributed by atoms with Gasteiger partial charge in [-0.15, -0.1) is 0 Å². The van der Waals surface area contributed by atoms with Crippen LogP contribution in [0, 0.1) is 6.92 Å². The minimum Gasteiger partial charge on any atom is -0.304 e. The molecule has 84 valence electrons. The smallest absolute Gasteiger partial charge is 0.121 e. The van der Waals surface area contributed by atoms with Gasteiger partial charge in [-0.2, -0.15) is 0 Å². The first kappa shape index (κ1) is 10.8. The highest BCUT2D eigenvalue weighted by atomic mass is 16.6. The van der Waals surface area contributed by atoms with Crippen LogP contribution in [0.2, 0.25) is 0 Å². The van der Waals surface area contributed by atoms with Crippen molar-refractivity contribution in [1.29, 1.82) is 0 Å². The maximum atomic E-state index is 4.64. The Morgan fingerprint density at radius 3 is 2.62 bits per heavy atom. The molecule has 0 spiro atoms. The monoisotopic (exact) mass is 217 g/mol. The molecule has 0 radical (unpaired) electrons. The van der Waals surface area contributed by atoms with Crippen LogP contribution in [-0.4, -0.2) is 10.3 Å². The molecule has 16 heavy (non-hydrogen) atoms. The summed E-state index contributed by atoms with van der Waals surface area (Å²) in [5.74, 6) is 0. The maximum absolute atomic E-state index is 4.64. The third-order valence-electron chi connectivity index (χ3n) is 2.62. The van der Waals surface area contributed by atoms with E-state index >= 15 is 0 Å². The molecule has 0 aliphatic heterocycles. The molecule has 0 fully saturated rings. The van der Waals surface area contributed by atoms with E-state index in [0.717, 1.165) is 11.4 Å². The van der Waals surface area contributed by atoms with Crippen molar-refractivity contribution < 1.29 is 4.63 Å². The van der Waals surface area contributed by atoms with E-state index in [1.807, 2.05) is 25.1 Å². The van der Waals surface area contributed by atoms with Crippen molar-refractivity contribution >= 4 is 0 Å².